The number of nitrogens with one attached hydrogen (secondary N) is 1. The number of rotatable bonds is 8. The largest absolute Gasteiger partial charge is 0.393 e. The molecule has 2 bridgehead atoms. The maximum Gasteiger partial charge on any atom is 0.317 e. The van der Waals surface area contributed by atoms with Crippen LogP contribution in [0.3, 0.4) is 0 Å². The van der Waals surface area contributed by atoms with E-state index in [1.807, 2.05) is 61.2 Å². The average Bonchev–Trinajstić information content (AvgIpc) is 3.80. The van der Waals surface area contributed by atoms with Crippen molar-refractivity contribution in [2.75, 3.05) is 13.1 Å². The Balaban J connectivity index is 1.41. The van der Waals surface area contributed by atoms with E-state index < -0.39 is 17.1 Å². The fourth-order valence-electron chi connectivity index (χ4n) is 8.03. The minimum absolute atomic E-state index is 0.0120. The third-order valence-electron chi connectivity index (χ3n) is 10.9. The van der Waals surface area contributed by atoms with E-state index in [9.17, 15) is 19.8 Å². The quantitative estimate of drug-likeness (QED) is 0.127. The number of amides is 2. The number of benzene rings is 2. The molecule has 2 aromatic carbocycles. The van der Waals surface area contributed by atoms with Crippen LogP contribution in [0, 0.1) is 5.41 Å². The Labute approximate surface area is 298 Å². The first-order valence-electron chi connectivity index (χ1n) is 17.8. The van der Waals surface area contributed by atoms with Gasteiger partial charge in [0.25, 0.3) is 0 Å². The maximum atomic E-state index is 14.5. The molecule has 260 valence electrons. The number of nitrogens with zero attached hydrogens (tertiary/aromatic N) is 1. The van der Waals surface area contributed by atoms with Crippen LogP contribution < -0.4 is 5.32 Å². The number of aliphatic hydroxyl groups is 2. The summed E-state index contributed by atoms with van der Waals surface area (Å²) in [5.74, 6) is -0.115. The van der Waals surface area contributed by atoms with Crippen molar-refractivity contribution in [1.82, 2.24) is 10.2 Å². The molecule has 2 heterocycles. The molecule has 0 radical (unpaired) electrons. The topological polar surface area (TPSA) is 89.9 Å². The van der Waals surface area contributed by atoms with E-state index in [0.717, 1.165) is 40.5 Å². The normalized spacial score (nSPS) is 24.4. The highest BCUT2D eigenvalue weighted by atomic mass is 32.1. The summed E-state index contributed by atoms with van der Waals surface area (Å²) in [6, 6.07) is 20.2. The van der Waals surface area contributed by atoms with E-state index in [-0.39, 0.29) is 30.3 Å². The zero-order chi connectivity index (χ0) is 34.8. The van der Waals surface area contributed by atoms with Crippen LogP contribution in [-0.4, -0.2) is 57.8 Å². The fourth-order valence-corrected chi connectivity index (χ4v) is 9.74. The lowest BCUT2D eigenvalue weighted by Crippen LogP contribution is -2.56. The maximum absolute atomic E-state index is 14.5. The van der Waals surface area contributed by atoms with E-state index in [0.29, 0.717) is 49.1 Å². The van der Waals surface area contributed by atoms with Crippen LogP contribution in [0.4, 0.5) is 4.79 Å². The lowest BCUT2D eigenvalue weighted by atomic mass is 9.64. The molecular formula is C41H50N2O4S2. The van der Waals surface area contributed by atoms with Gasteiger partial charge in [-0.25, -0.2) is 4.79 Å². The third kappa shape index (κ3) is 7.73. The highest BCUT2D eigenvalue weighted by Crippen LogP contribution is 2.59. The highest BCUT2D eigenvalue weighted by molar-refractivity contribution is 7.21. The summed E-state index contributed by atoms with van der Waals surface area (Å²) in [4.78, 5) is 31.9. The first kappa shape index (κ1) is 35.5. The van der Waals surface area contributed by atoms with E-state index >= 15 is 0 Å². The zero-order valence-electron chi connectivity index (χ0n) is 29.2. The highest BCUT2D eigenvalue weighted by Gasteiger charge is 2.57. The van der Waals surface area contributed by atoms with Crippen LogP contribution in [0.15, 0.2) is 77.7 Å². The van der Waals surface area contributed by atoms with Gasteiger partial charge < -0.3 is 20.4 Å². The second-order valence-electron chi connectivity index (χ2n) is 14.8. The van der Waals surface area contributed by atoms with Crippen LogP contribution >= 0.6 is 22.7 Å². The SMILES string of the molecule is CC1=CCC[C@@]2(C)[C@@H](CC[C@@]2(O)CN(CCc2cccs2)C(=O)NC(C)C)c2ccc(cc2C(=O)c2cc3ccccc3s2)C[C@@H](O)CC1. The molecule has 0 unspecified atom stereocenters. The van der Waals surface area contributed by atoms with Crippen molar-refractivity contribution >= 4 is 44.6 Å². The summed E-state index contributed by atoms with van der Waals surface area (Å²) >= 11 is 3.20. The van der Waals surface area contributed by atoms with Crippen molar-refractivity contribution in [3.05, 3.63) is 104 Å². The zero-order valence-corrected chi connectivity index (χ0v) is 30.8. The van der Waals surface area contributed by atoms with Gasteiger partial charge >= 0.3 is 6.03 Å². The minimum atomic E-state index is -1.17. The Hall–Kier alpha value is -3.30. The summed E-state index contributed by atoms with van der Waals surface area (Å²) in [5.41, 5.74) is 2.00. The number of carbonyl (C=O) groups excluding carboxylic acids is 2. The number of hydrogen-bond donors (Lipinski definition) is 3. The second-order valence-corrected chi connectivity index (χ2v) is 16.9. The smallest absolute Gasteiger partial charge is 0.317 e. The number of hydrogen-bond acceptors (Lipinski definition) is 6. The molecule has 0 spiro atoms. The van der Waals surface area contributed by atoms with Crippen molar-refractivity contribution in [2.24, 2.45) is 5.41 Å². The number of urea groups is 1. The first-order chi connectivity index (χ1) is 23.5. The molecule has 0 saturated heterocycles. The predicted octanol–water partition coefficient (Wildman–Crippen LogP) is 8.90. The third-order valence-corrected chi connectivity index (χ3v) is 13.0. The molecule has 3 N–H and O–H groups in total. The van der Waals surface area contributed by atoms with Gasteiger partial charge in [-0.3, -0.25) is 4.79 Å². The van der Waals surface area contributed by atoms with Crippen LogP contribution in [0.5, 0.6) is 0 Å². The average molecular weight is 699 g/mol. The molecular weight excluding hydrogens is 649 g/mol. The minimum Gasteiger partial charge on any atom is -0.393 e. The fraction of sp³-hybridized carbons (Fsp3) is 0.463. The van der Waals surface area contributed by atoms with Gasteiger partial charge in [0.1, 0.15) is 0 Å². The van der Waals surface area contributed by atoms with Crippen molar-refractivity contribution in [3.8, 4) is 0 Å². The molecule has 1 fully saturated rings. The number of allylic oxidation sites excluding steroid dienone is 2. The monoisotopic (exact) mass is 698 g/mol. The summed E-state index contributed by atoms with van der Waals surface area (Å²) in [5, 5.41) is 30.1. The van der Waals surface area contributed by atoms with Crippen molar-refractivity contribution in [1.29, 1.82) is 0 Å². The summed E-state index contributed by atoms with van der Waals surface area (Å²) < 4.78 is 1.07. The van der Waals surface area contributed by atoms with Gasteiger partial charge in [0.2, 0.25) is 5.78 Å². The molecule has 7 rings (SSSR count). The molecule has 3 aliphatic rings. The van der Waals surface area contributed by atoms with Gasteiger partial charge in [-0.1, -0.05) is 55.0 Å². The number of fused-ring (bicyclic) bond motifs is 9. The Kier molecular flexibility index (Phi) is 10.8. The van der Waals surface area contributed by atoms with Crippen molar-refractivity contribution in [2.45, 2.75) is 103 Å². The van der Waals surface area contributed by atoms with E-state index in [1.54, 1.807) is 11.3 Å². The molecule has 2 amide bonds. The van der Waals surface area contributed by atoms with Crippen LogP contribution in [0.2, 0.25) is 0 Å². The molecule has 4 aromatic rings. The Morgan fingerprint density at radius 3 is 2.63 bits per heavy atom. The van der Waals surface area contributed by atoms with Gasteiger partial charge in [0, 0.05) is 33.1 Å². The van der Waals surface area contributed by atoms with Gasteiger partial charge in [-0.2, -0.15) is 0 Å². The lowest BCUT2D eigenvalue weighted by molar-refractivity contribution is -0.0769. The second kappa shape index (κ2) is 14.9. The number of aliphatic hydroxyl groups excluding tert-OH is 1. The van der Waals surface area contributed by atoms with Crippen LogP contribution in [0.1, 0.15) is 103 Å². The van der Waals surface area contributed by atoms with Crippen LogP contribution in [0.25, 0.3) is 10.1 Å². The molecule has 2 aromatic heterocycles. The number of thiophene rings is 2. The molecule has 6 nitrogen and oxygen atoms in total. The molecule has 1 saturated carbocycles. The van der Waals surface area contributed by atoms with Crippen molar-refractivity contribution < 1.29 is 19.8 Å². The standard InChI is InChI=1S/C41H50N2O4S2/c1-27(2)42-39(46)43(21-18-32-11-8-22-48-32)26-41(47)20-17-35-33-16-14-29(23-31(44)15-13-28(3)9-7-19-40(35,41)4)24-34(33)38(45)37-25-30-10-5-6-12-36(30)49-37/h5-6,8-12,14,16,22,24-25,27,31,35,44,47H,7,13,15,17-21,23,26H2,1-4H3,(H,42,46)/t31-,35-,40-,41+/m0/s1. The molecule has 4 atom stereocenters. The molecule has 0 aliphatic heterocycles. The Bertz CT molecular complexity index is 1780. The van der Waals surface area contributed by atoms with E-state index in [1.165, 1.54) is 21.8 Å². The molecule has 49 heavy (non-hydrogen) atoms. The predicted molar refractivity (Wildman–Crippen MR) is 202 cm³/mol. The van der Waals surface area contributed by atoms with Crippen molar-refractivity contribution in [3.63, 3.8) is 0 Å². The molecule has 3 aliphatic carbocycles. The number of carbonyl (C=O) groups is 2. The lowest BCUT2D eigenvalue weighted by Gasteiger charge is -2.46. The summed E-state index contributed by atoms with van der Waals surface area (Å²) in [6.45, 7) is 8.95. The summed E-state index contributed by atoms with van der Waals surface area (Å²) in [7, 11) is 0. The molecule has 8 heteroatoms. The van der Waals surface area contributed by atoms with E-state index in [2.05, 4.69) is 48.8 Å². The first-order valence-corrected chi connectivity index (χ1v) is 19.5. The summed E-state index contributed by atoms with van der Waals surface area (Å²) in [6.07, 6.45) is 7.11. The van der Waals surface area contributed by atoms with Gasteiger partial charge in [-0.05, 0) is 124 Å². The Morgan fingerprint density at radius 1 is 1.06 bits per heavy atom. The van der Waals surface area contributed by atoms with Gasteiger partial charge in [0.05, 0.1) is 23.1 Å². The van der Waals surface area contributed by atoms with Gasteiger partial charge in [-0.15, -0.1) is 22.7 Å². The Morgan fingerprint density at radius 2 is 1.88 bits per heavy atom. The van der Waals surface area contributed by atoms with Gasteiger partial charge in [0.15, 0.2) is 0 Å². The van der Waals surface area contributed by atoms with E-state index in [4.69, 9.17) is 0 Å². The van der Waals surface area contributed by atoms with Crippen LogP contribution in [-0.2, 0) is 12.8 Å². The number of ketones is 1.